The number of carboxylic acid groups (broad SMARTS) is 1. The van der Waals surface area contributed by atoms with E-state index in [0.29, 0.717) is 24.2 Å². The molecule has 1 spiro atoms. The van der Waals surface area contributed by atoms with Gasteiger partial charge < -0.3 is 19.3 Å². The van der Waals surface area contributed by atoms with Crippen LogP contribution in [0.2, 0.25) is 0 Å². The molecule has 3 aliphatic rings. The highest BCUT2D eigenvalue weighted by Crippen LogP contribution is 2.41. The van der Waals surface area contributed by atoms with E-state index in [0.717, 1.165) is 48.6 Å². The molecule has 0 radical (unpaired) electrons. The van der Waals surface area contributed by atoms with Gasteiger partial charge in [0.1, 0.15) is 17.9 Å². The quantitative estimate of drug-likeness (QED) is 0.246. The van der Waals surface area contributed by atoms with Crippen LogP contribution in [0.1, 0.15) is 71.1 Å². The van der Waals surface area contributed by atoms with Gasteiger partial charge in [0.15, 0.2) is 5.82 Å². The molecule has 1 saturated heterocycles. The molecule has 234 valence electrons. The maximum atomic E-state index is 11.6. The minimum atomic E-state index is -1.11. The van der Waals surface area contributed by atoms with Crippen LogP contribution in [0.3, 0.4) is 0 Å². The molecular formula is C36H40N4O5. The van der Waals surface area contributed by atoms with Crippen LogP contribution >= 0.6 is 0 Å². The van der Waals surface area contributed by atoms with E-state index in [2.05, 4.69) is 28.2 Å². The summed E-state index contributed by atoms with van der Waals surface area (Å²) < 4.78 is 19.4. The van der Waals surface area contributed by atoms with Crippen LogP contribution < -0.4 is 9.47 Å². The molecule has 1 N–H and O–H groups in total. The van der Waals surface area contributed by atoms with Gasteiger partial charge in [0.05, 0.1) is 24.6 Å². The summed E-state index contributed by atoms with van der Waals surface area (Å²) in [5.41, 5.74) is 6.73. The molecule has 45 heavy (non-hydrogen) atoms. The highest BCUT2D eigenvalue weighted by Gasteiger charge is 2.40. The average molecular weight is 609 g/mol. The SMILES string of the molecule is COc1c(C(=O)O)cnn1-c1cccc(-c2cccc(C)c2OCc2ccc3c(c2)CCN(C2CCC4(CCCO4)CC2)C3)n1. The number of aromatic nitrogens is 3. The molecule has 4 aromatic rings. The number of benzene rings is 2. The molecule has 9 nitrogen and oxygen atoms in total. The van der Waals surface area contributed by atoms with Crippen molar-refractivity contribution in [2.24, 2.45) is 0 Å². The van der Waals surface area contributed by atoms with Gasteiger partial charge in [-0.25, -0.2) is 9.78 Å². The number of rotatable bonds is 8. The minimum Gasteiger partial charge on any atom is -0.488 e. The standard InChI is InChI=1S/C36H40N4O5/c1-24-6-3-7-29(31-8-4-9-32(38-31)40-34(43-2)30(21-37-40)35(41)42)33(24)44-23-25-10-11-27-22-39(18-14-26(27)20-25)28-12-16-36(17-13-28)15-5-19-45-36/h3-4,6-11,20-21,28H,5,12-19,22-23H2,1-2H3,(H,41,42). The third kappa shape index (κ3) is 5.82. The van der Waals surface area contributed by atoms with E-state index in [4.69, 9.17) is 19.2 Å². The second-order valence-corrected chi connectivity index (χ2v) is 12.6. The first-order valence-corrected chi connectivity index (χ1v) is 16.0. The number of para-hydroxylation sites is 1. The molecule has 1 aliphatic carbocycles. The molecule has 2 aromatic heterocycles. The Bertz CT molecular complexity index is 1700. The van der Waals surface area contributed by atoms with Crippen LogP contribution in [0.25, 0.3) is 17.1 Å². The Hall–Kier alpha value is -4.21. The van der Waals surface area contributed by atoms with Gasteiger partial charge in [0.2, 0.25) is 5.88 Å². The van der Waals surface area contributed by atoms with Crippen molar-refractivity contribution in [3.63, 3.8) is 0 Å². The molecule has 0 unspecified atom stereocenters. The Morgan fingerprint density at radius 1 is 1.09 bits per heavy atom. The van der Waals surface area contributed by atoms with Crippen molar-refractivity contribution in [2.75, 3.05) is 20.3 Å². The summed E-state index contributed by atoms with van der Waals surface area (Å²) in [4.78, 5) is 19.1. The van der Waals surface area contributed by atoms with Crippen molar-refractivity contribution in [1.29, 1.82) is 0 Å². The van der Waals surface area contributed by atoms with E-state index in [1.54, 1.807) is 6.07 Å². The smallest absolute Gasteiger partial charge is 0.342 e. The topological polar surface area (TPSA) is 98.9 Å². The summed E-state index contributed by atoms with van der Waals surface area (Å²) in [5.74, 6) is 0.229. The van der Waals surface area contributed by atoms with E-state index in [1.165, 1.54) is 67.6 Å². The lowest BCUT2D eigenvalue weighted by molar-refractivity contribution is -0.0437. The minimum absolute atomic E-state index is 0.0247. The van der Waals surface area contributed by atoms with E-state index in [1.807, 2.05) is 37.3 Å². The Morgan fingerprint density at radius 3 is 2.71 bits per heavy atom. The lowest BCUT2D eigenvalue weighted by atomic mass is 9.79. The van der Waals surface area contributed by atoms with Crippen molar-refractivity contribution in [2.45, 2.75) is 76.7 Å². The molecule has 2 aliphatic heterocycles. The zero-order valence-electron chi connectivity index (χ0n) is 26.0. The van der Waals surface area contributed by atoms with Gasteiger partial charge in [-0.2, -0.15) is 9.78 Å². The molecule has 2 fully saturated rings. The molecule has 0 atom stereocenters. The maximum Gasteiger partial charge on any atom is 0.342 e. The number of nitrogens with zero attached hydrogens (tertiary/aromatic N) is 4. The van der Waals surface area contributed by atoms with Crippen molar-refractivity contribution >= 4 is 5.97 Å². The number of hydrogen-bond donors (Lipinski definition) is 1. The summed E-state index contributed by atoms with van der Waals surface area (Å²) in [7, 11) is 1.42. The number of ether oxygens (including phenoxy) is 3. The molecule has 9 heteroatoms. The third-order valence-electron chi connectivity index (χ3n) is 9.85. The molecule has 2 aromatic carbocycles. The molecule has 0 amide bonds. The zero-order chi connectivity index (χ0) is 31.0. The monoisotopic (exact) mass is 608 g/mol. The number of carboxylic acids is 1. The fourth-order valence-corrected chi connectivity index (χ4v) is 7.41. The summed E-state index contributed by atoms with van der Waals surface area (Å²) in [5, 5.41) is 13.7. The predicted octanol–water partition coefficient (Wildman–Crippen LogP) is 6.38. The van der Waals surface area contributed by atoms with Crippen LogP contribution in [0.5, 0.6) is 11.6 Å². The highest BCUT2D eigenvalue weighted by atomic mass is 16.5. The van der Waals surface area contributed by atoms with Crippen molar-refractivity contribution in [3.8, 4) is 28.7 Å². The summed E-state index contributed by atoms with van der Waals surface area (Å²) >= 11 is 0. The van der Waals surface area contributed by atoms with Crippen LogP contribution in [-0.2, 0) is 24.3 Å². The first-order chi connectivity index (χ1) is 21.9. The van der Waals surface area contributed by atoms with Gasteiger partial charge >= 0.3 is 5.97 Å². The molecular weight excluding hydrogens is 568 g/mol. The number of aromatic carboxylic acids is 1. The fourth-order valence-electron chi connectivity index (χ4n) is 7.41. The van der Waals surface area contributed by atoms with Crippen LogP contribution in [0.15, 0.2) is 60.8 Å². The lowest BCUT2D eigenvalue weighted by Gasteiger charge is -2.43. The van der Waals surface area contributed by atoms with Crippen molar-refractivity contribution in [1.82, 2.24) is 19.7 Å². The number of carbonyl (C=O) groups is 1. The van der Waals surface area contributed by atoms with Gasteiger partial charge in [0.25, 0.3) is 0 Å². The first kappa shape index (κ1) is 29.5. The summed E-state index contributed by atoms with van der Waals surface area (Å²) in [6, 6.07) is 19.0. The normalized spacial score (nSPS) is 21.5. The average Bonchev–Trinajstić information content (AvgIpc) is 3.72. The molecule has 7 rings (SSSR count). The number of methoxy groups -OCH3 is 1. The summed E-state index contributed by atoms with van der Waals surface area (Å²) in [6.07, 6.45) is 9.71. The lowest BCUT2D eigenvalue weighted by Crippen LogP contribution is -2.45. The van der Waals surface area contributed by atoms with Crippen molar-refractivity contribution in [3.05, 3.63) is 88.6 Å². The second kappa shape index (κ2) is 12.3. The van der Waals surface area contributed by atoms with Crippen LogP contribution in [0.4, 0.5) is 0 Å². The largest absolute Gasteiger partial charge is 0.488 e. The molecule has 4 heterocycles. The van der Waals surface area contributed by atoms with Gasteiger partial charge in [-0.3, -0.25) is 4.90 Å². The van der Waals surface area contributed by atoms with Gasteiger partial charge in [-0.15, -0.1) is 0 Å². The van der Waals surface area contributed by atoms with Crippen molar-refractivity contribution < 1.29 is 24.1 Å². The Kier molecular flexibility index (Phi) is 8.06. The Morgan fingerprint density at radius 2 is 1.93 bits per heavy atom. The number of fused-ring (bicyclic) bond motifs is 1. The molecule has 0 bridgehead atoms. The van der Waals surface area contributed by atoms with E-state index in [9.17, 15) is 9.90 Å². The Labute approximate surface area is 263 Å². The fraction of sp³-hybridized carbons (Fsp3) is 0.417. The third-order valence-corrected chi connectivity index (χ3v) is 9.85. The van der Waals surface area contributed by atoms with Gasteiger partial charge in [-0.05, 0) is 92.3 Å². The van der Waals surface area contributed by atoms with E-state index >= 15 is 0 Å². The predicted molar refractivity (Wildman–Crippen MR) is 170 cm³/mol. The van der Waals surface area contributed by atoms with Crippen LogP contribution in [-0.4, -0.2) is 62.6 Å². The van der Waals surface area contributed by atoms with Crippen LogP contribution in [0, 0.1) is 6.92 Å². The van der Waals surface area contributed by atoms with Gasteiger partial charge in [-0.1, -0.05) is 36.4 Å². The Balaban J connectivity index is 1.05. The zero-order valence-corrected chi connectivity index (χ0v) is 26.0. The number of hydrogen-bond acceptors (Lipinski definition) is 7. The maximum absolute atomic E-state index is 11.6. The number of aryl methyl sites for hydroxylation is 1. The molecule has 1 saturated carbocycles. The van der Waals surface area contributed by atoms with E-state index in [-0.39, 0.29) is 17.0 Å². The highest BCUT2D eigenvalue weighted by molar-refractivity contribution is 5.90. The van der Waals surface area contributed by atoms with Gasteiger partial charge in [0, 0.05) is 31.3 Å². The number of pyridine rings is 1. The second-order valence-electron chi connectivity index (χ2n) is 12.6. The first-order valence-electron chi connectivity index (χ1n) is 16.0. The van der Waals surface area contributed by atoms with E-state index < -0.39 is 5.97 Å². The summed E-state index contributed by atoms with van der Waals surface area (Å²) in [6.45, 7) is 5.56.